The second-order valence-electron chi connectivity index (χ2n) is 3.78. The molecule has 0 fully saturated rings. The van der Waals surface area contributed by atoms with Crippen LogP contribution in [0.25, 0.3) is 0 Å². The molecule has 1 aromatic carbocycles. The summed E-state index contributed by atoms with van der Waals surface area (Å²) in [5.74, 6) is 1.95. The maximum Gasteiger partial charge on any atom is 0.161 e. The SMILES string of the molecule is COc1ccc(Cc2nnnn2CC#N)cc1OC. The lowest BCUT2D eigenvalue weighted by Gasteiger charge is -2.09. The number of tetrazole rings is 1. The Kier molecular flexibility index (Phi) is 3.93. The number of aromatic nitrogens is 4. The monoisotopic (exact) mass is 259 g/mol. The Morgan fingerprint density at radius 3 is 2.74 bits per heavy atom. The van der Waals surface area contributed by atoms with E-state index < -0.39 is 0 Å². The first kappa shape index (κ1) is 12.8. The largest absolute Gasteiger partial charge is 0.493 e. The predicted octanol–water partition coefficient (Wildman–Crippen LogP) is 0.805. The molecule has 2 rings (SSSR count). The molecule has 0 radical (unpaired) electrons. The minimum atomic E-state index is 0.135. The molecule has 19 heavy (non-hydrogen) atoms. The van der Waals surface area contributed by atoms with Gasteiger partial charge in [0.15, 0.2) is 17.3 Å². The van der Waals surface area contributed by atoms with Crippen LogP contribution in [-0.4, -0.2) is 34.4 Å². The van der Waals surface area contributed by atoms with Crippen molar-refractivity contribution in [3.8, 4) is 17.6 Å². The molecule has 0 spiro atoms. The van der Waals surface area contributed by atoms with Crippen molar-refractivity contribution in [3.05, 3.63) is 29.6 Å². The summed E-state index contributed by atoms with van der Waals surface area (Å²) in [5.41, 5.74) is 0.978. The average molecular weight is 259 g/mol. The minimum absolute atomic E-state index is 0.135. The predicted molar refractivity (Wildman–Crippen MR) is 65.8 cm³/mol. The number of nitriles is 1. The van der Waals surface area contributed by atoms with Gasteiger partial charge in [0, 0.05) is 6.42 Å². The fourth-order valence-corrected chi connectivity index (χ4v) is 1.71. The Balaban J connectivity index is 2.23. The molecule has 1 aromatic heterocycles. The van der Waals surface area contributed by atoms with E-state index in [4.69, 9.17) is 14.7 Å². The highest BCUT2D eigenvalue weighted by atomic mass is 16.5. The van der Waals surface area contributed by atoms with Gasteiger partial charge in [0.2, 0.25) is 0 Å². The van der Waals surface area contributed by atoms with E-state index in [-0.39, 0.29) is 6.54 Å². The molecule has 0 unspecified atom stereocenters. The van der Waals surface area contributed by atoms with E-state index >= 15 is 0 Å². The van der Waals surface area contributed by atoms with Crippen molar-refractivity contribution in [2.24, 2.45) is 0 Å². The molecule has 0 saturated heterocycles. The van der Waals surface area contributed by atoms with E-state index in [0.29, 0.717) is 23.7 Å². The summed E-state index contributed by atoms with van der Waals surface area (Å²) in [6.07, 6.45) is 0.523. The second kappa shape index (κ2) is 5.82. The van der Waals surface area contributed by atoms with Gasteiger partial charge in [-0.1, -0.05) is 6.07 Å². The zero-order valence-electron chi connectivity index (χ0n) is 10.7. The van der Waals surface area contributed by atoms with Crippen LogP contribution in [0.5, 0.6) is 11.5 Å². The summed E-state index contributed by atoms with van der Waals surface area (Å²) in [4.78, 5) is 0. The molecule has 0 N–H and O–H groups in total. The van der Waals surface area contributed by atoms with Crippen LogP contribution in [-0.2, 0) is 13.0 Å². The number of methoxy groups -OCH3 is 2. The van der Waals surface area contributed by atoms with Crippen molar-refractivity contribution in [1.82, 2.24) is 20.2 Å². The maximum atomic E-state index is 8.68. The lowest BCUT2D eigenvalue weighted by atomic mass is 10.1. The Bertz CT molecular complexity index is 602. The molecule has 0 aliphatic heterocycles. The smallest absolute Gasteiger partial charge is 0.161 e. The summed E-state index contributed by atoms with van der Waals surface area (Å²) in [6.45, 7) is 0.135. The Labute approximate surface area is 110 Å². The summed E-state index contributed by atoms with van der Waals surface area (Å²) in [6, 6.07) is 7.61. The summed E-state index contributed by atoms with van der Waals surface area (Å²) >= 11 is 0. The number of hydrogen-bond donors (Lipinski definition) is 0. The van der Waals surface area contributed by atoms with Gasteiger partial charge in [-0.25, -0.2) is 4.68 Å². The van der Waals surface area contributed by atoms with Gasteiger partial charge in [0.1, 0.15) is 6.54 Å². The Morgan fingerprint density at radius 2 is 2.05 bits per heavy atom. The van der Waals surface area contributed by atoms with Gasteiger partial charge in [0.05, 0.1) is 20.3 Å². The maximum absolute atomic E-state index is 8.68. The van der Waals surface area contributed by atoms with E-state index in [1.54, 1.807) is 14.2 Å². The lowest BCUT2D eigenvalue weighted by molar-refractivity contribution is 0.354. The van der Waals surface area contributed by atoms with E-state index in [9.17, 15) is 0 Å². The summed E-state index contributed by atoms with van der Waals surface area (Å²) in [5, 5.41) is 19.9. The van der Waals surface area contributed by atoms with Crippen LogP contribution in [0.2, 0.25) is 0 Å². The van der Waals surface area contributed by atoms with Gasteiger partial charge in [-0.2, -0.15) is 5.26 Å². The quantitative estimate of drug-likeness (QED) is 0.789. The van der Waals surface area contributed by atoms with Crippen LogP contribution < -0.4 is 9.47 Å². The molecule has 0 bridgehead atoms. The second-order valence-corrected chi connectivity index (χ2v) is 3.78. The summed E-state index contributed by atoms with van der Waals surface area (Å²) < 4.78 is 11.9. The van der Waals surface area contributed by atoms with Crippen LogP contribution in [0, 0.1) is 11.3 Å². The van der Waals surface area contributed by atoms with Gasteiger partial charge in [-0.3, -0.25) is 0 Å². The molecule has 0 aliphatic rings. The number of benzene rings is 1. The molecule has 7 heteroatoms. The van der Waals surface area contributed by atoms with Crippen LogP contribution in [0.1, 0.15) is 11.4 Å². The van der Waals surface area contributed by atoms with Gasteiger partial charge in [-0.05, 0) is 28.1 Å². The molecule has 0 saturated carbocycles. The van der Waals surface area contributed by atoms with Crippen LogP contribution >= 0.6 is 0 Å². The van der Waals surface area contributed by atoms with Gasteiger partial charge < -0.3 is 9.47 Å². The third-order valence-corrected chi connectivity index (χ3v) is 2.64. The van der Waals surface area contributed by atoms with E-state index in [1.807, 2.05) is 24.3 Å². The van der Waals surface area contributed by atoms with E-state index in [1.165, 1.54) is 4.68 Å². The van der Waals surface area contributed by atoms with E-state index in [2.05, 4.69) is 15.5 Å². The van der Waals surface area contributed by atoms with Crippen molar-refractivity contribution in [1.29, 1.82) is 5.26 Å². The normalized spacial score (nSPS) is 9.95. The zero-order valence-corrected chi connectivity index (χ0v) is 10.7. The topological polar surface area (TPSA) is 85.9 Å². The standard InChI is InChI=1S/C12H13N5O2/c1-18-10-4-3-9(7-11(10)19-2)8-12-14-15-16-17(12)6-5-13/h3-4,7H,6,8H2,1-2H3. The lowest BCUT2D eigenvalue weighted by Crippen LogP contribution is -2.05. The number of hydrogen-bond acceptors (Lipinski definition) is 6. The average Bonchev–Trinajstić information content (AvgIpc) is 2.86. The van der Waals surface area contributed by atoms with Crippen molar-refractivity contribution < 1.29 is 9.47 Å². The van der Waals surface area contributed by atoms with Crippen molar-refractivity contribution >= 4 is 0 Å². The molecular formula is C12H13N5O2. The molecule has 7 nitrogen and oxygen atoms in total. The highest BCUT2D eigenvalue weighted by Crippen LogP contribution is 2.28. The first-order chi connectivity index (χ1) is 9.28. The van der Waals surface area contributed by atoms with Crippen LogP contribution in [0.15, 0.2) is 18.2 Å². The molecule has 0 aliphatic carbocycles. The first-order valence-electron chi connectivity index (χ1n) is 5.61. The fraction of sp³-hybridized carbons (Fsp3) is 0.333. The molecule has 0 amide bonds. The number of nitrogens with zero attached hydrogens (tertiary/aromatic N) is 5. The number of rotatable bonds is 5. The van der Waals surface area contributed by atoms with Crippen molar-refractivity contribution in [2.75, 3.05) is 14.2 Å². The highest BCUT2D eigenvalue weighted by Gasteiger charge is 2.09. The van der Waals surface area contributed by atoms with Crippen LogP contribution in [0.4, 0.5) is 0 Å². The van der Waals surface area contributed by atoms with E-state index in [0.717, 1.165) is 5.56 Å². The van der Waals surface area contributed by atoms with Crippen molar-refractivity contribution in [3.63, 3.8) is 0 Å². The third kappa shape index (κ3) is 2.80. The Morgan fingerprint density at radius 1 is 1.26 bits per heavy atom. The first-order valence-corrected chi connectivity index (χ1v) is 5.61. The van der Waals surface area contributed by atoms with Gasteiger partial charge in [-0.15, -0.1) is 5.10 Å². The summed E-state index contributed by atoms with van der Waals surface area (Å²) in [7, 11) is 3.17. The molecular weight excluding hydrogens is 246 g/mol. The number of ether oxygens (including phenoxy) is 2. The molecule has 1 heterocycles. The van der Waals surface area contributed by atoms with Gasteiger partial charge in [0.25, 0.3) is 0 Å². The zero-order chi connectivity index (χ0) is 13.7. The minimum Gasteiger partial charge on any atom is -0.493 e. The molecule has 0 atom stereocenters. The van der Waals surface area contributed by atoms with Gasteiger partial charge >= 0.3 is 0 Å². The highest BCUT2D eigenvalue weighted by molar-refractivity contribution is 5.43. The van der Waals surface area contributed by atoms with Crippen LogP contribution in [0.3, 0.4) is 0 Å². The Hall–Kier alpha value is -2.62. The van der Waals surface area contributed by atoms with Crippen molar-refractivity contribution in [2.45, 2.75) is 13.0 Å². The molecule has 98 valence electrons. The fourth-order valence-electron chi connectivity index (χ4n) is 1.71. The molecule has 2 aromatic rings. The third-order valence-electron chi connectivity index (χ3n) is 2.64.